The minimum absolute atomic E-state index is 0.368. The largest absolute Gasteiger partial charge is 0.291 e. The van der Waals surface area contributed by atoms with E-state index in [0.29, 0.717) is 6.42 Å². The molecule has 0 spiro atoms. The van der Waals surface area contributed by atoms with Crippen molar-refractivity contribution in [3.8, 4) is 0 Å². The maximum Gasteiger partial charge on any atom is 0.202 e. The number of hydrogen-bond donors (Lipinski definition) is 0. The fourth-order valence-electron chi connectivity index (χ4n) is 1.25. The third-order valence-electron chi connectivity index (χ3n) is 1.92. The molecule has 1 aromatic rings. The summed E-state index contributed by atoms with van der Waals surface area (Å²) in [7, 11) is 0. The number of carbonyl (C=O) groups excluding carboxylic acids is 1. The highest BCUT2D eigenvalue weighted by atomic mass is 16.1. The fourth-order valence-corrected chi connectivity index (χ4v) is 1.25. The van der Waals surface area contributed by atoms with E-state index in [1.807, 2.05) is 18.4 Å². The Labute approximate surface area is 79.1 Å². The third kappa shape index (κ3) is 2.86. The van der Waals surface area contributed by atoms with Gasteiger partial charge in [0, 0.05) is 6.42 Å². The van der Waals surface area contributed by atoms with Gasteiger partial charge < -0.3 is 0 Å². The Balaban J connectivity index is 2.83. The summed E-state index contributed by atoms with van der Waals surface area (Å²) >= 11 is 0. The Bertz CT molecular complexity index is 324. The van der Waals surface area contributed by atoms with Crippen LogP contribution < -0.4 is 0 Å². The number of hydrogen-bond acceptors (Lipinski definition) is 1. The lowest BCUT2D eigenvalue weighted by Crippen LogP contribution is -1.81. The van der Waals surface area contributed by atoms with E-state index >= 15 is 0 Å². The molecule has 13 heavy (non-hydrogen) atoms. The molecular formula is C12H13O. The highest BCUT2D eigenvalue weighted by molar-refractivity contribution is 5.60. The van der Waals surface area contributed by atoms with E-state index < -0.39 is 0 Å². The van der Waals surface area contributed by atoms with Crippen molar-refractivity contribution in [1.82, 2.24) is 0 Å². The summed E-state index contributed by atoms with van der Waals surface area (Å²) in [5.41, 5.74) is 3.67. The fraction of sp³-hybridized carbons (Fsp3) is 0.250. The second kappa shape index (κ2) is 4.61. The first kappa shape index (κ1) is 9.72. The number of aryl methyl sites for hydroxylation is 2. The van der Waals surface area contributed by atoms with Crippen LogP contribution in [0.5, 0.6) is 0 Å². The lowest BCUT2D eigenvalue weighted by molar-refractivity contribution is 0.556. The standard InChI is InChI=1S/C12H13O/c1-10-6-7-12(11(2)9-10)5-3-4-8-13/h3,5-7,9H,4H2,1-2H3/b5-3+. The maximum absolute atomic E-state index is 9.96. The summed E-state index contributed by atoms with van der Waals surface area (Å²) in [5.74, 6) is 0. The maximum atomic E-state index is 9.96. The van der Waals surface area contributed by atoms with Gasteiger partial charge in [0.1, 0.15) is 0 Å². The Morgan fingerprint density at radius 2 is 2.15 bits per heavy atom. The third-order valence-corrected chi connectivity index (χ3v) is 1.92. The lowest BCUT2D eigenvalue weighted by Gasteiger charge is -2.00. The molecule has 0 unspecified atom stereocenters. The molecule has 0 aliphatic rings. The number of benzene rings is 1. The molecule has 67 valence electrons. The van der Waals surface area contributed by atoms with Gasteiger partial charge in [-0.25, -0.2) is 0 Å². The van der Waals surface area contributed by atoms with Gasteiger partial charge in [0.05, 0.1) is 0 Å². The van der Waals surface area contributed by atoms with E-state index in [2.05, 4.69) is 32.0 Å². The summed E-state index contributed by atoms with van der Waals surface area (Å²) < 4.78 is 0. The molecule has 0 fully saturated rings. The van der Waals surface area contributed by atoms with Crippen LogP contribution >= 0.6 is 0 Å². The van der Waals surface area contributed by atoms with Gasteiger partial charge in [0.2, 0.25) is 6.29 Å². The van der Waals surface area contributed by atoms with Crippen LogP contribution in [0.25, 0.3) is 6.08 Å². The van der Waals surface area contributed by atoms with E-state index in [0.717, 1.165) is 0 Å². The predicted octanol–water partition coefficient (Wildman–Crippen LogP) is 2.82. The lowest BCUT2D eigenvalue weighted by atomic mass is 10.1. The van der Waals surface area contributed by atoms with Crippen molar-refractivity contribution < 1.29 is 4.79 Å². The molecule has 1 heteroatoms. The van der Waals surface area contributed by atoms with Crippen LogP contribution in [0.3, 0.4) is 0 Å². The minimum Gasteiger partial charge on any atom is -0.291 e. The SMILES string of the molecule is Cc1ccc(/C=C/C[C]=O)c(C)c1. The molecule has 1 aromatic carbocycles. The molecule has 0 bridgehead atoms. The van der Waals surface area contributed by atoms with Crippen molar-refractivity contribution in [1.29, 1.82) is 0 Å². The number of rotatable bonds is 3. The van der Waals surface area contributed by atoms with Crippen LogP contribution in [0, 0.1) is 13.8 Å². The molecule has 1 rings (SSSR count). The van der Waals surface area contributed by atoms with Gasteiger partial charge in [-0.15, -0.1) is 0 Å². The van der Waals surface area contributed by atoms with Gasteiger partial charge in [0.15, 0.2) is 0 Å². The zero-order valence-electron chi connectivity index (χ0n) is 8.00. The molecule has 0 saturated heterocycles. The van der Waals surface area contributed by atoms with Gasteiger partial charge in [-0.3, -0.25) is 4.79 Å². The molecule has 0 N–H and O–H groups in total. The van der Waals surface area contributed by atoms with Crippen LogP contribution in [0.1, 0.15) is 23.1 Å². The average Bonchev–Trinajstić information content (AvgIpc) is 2.09. The van der Waals surface area contributed by atoms with Gasteiger partial charge >= 0.3 is 0 Å². The Morgan fingerprint density at radius 3 is 2.77 bits per heavy atom. The summed E-state index contributed by atoms with van der Waals surface area (Å²) in [4.78, 5) is 9.96. The van der Waals surface area contributed by atoms with Crippen molar-refractivity contribution in [3.05, 3.63) is 41.0 Å². The van der Waals surface area contributed by atoms with E-state index in [9.17, 15) is 4.79 Å². The normalized spacial score (nSPS) is 10.6. The molecule has 0 aromatic heterocycles. The Hall–Kier alpha value is -1.37. The van der Waals surface area contributed by atoms with Crippen LogP contribution in [-0.2, 0) is 4.79 Å². The van der Waals surface area contributed by atoms with E-state index in [-0.39, 0.29) is 0 Å². The molecule has 0 atom stereocenters. The topological polar surface area (TPSA) is 17.1 Å². The molecule has 0 aliphatic carbocycles. The second-order valence-corrected chi connectivity index (χ2v) is 3.11. The first-order chi connectivity index (χ1) is 6.24. The van der Waals surface area contributed by atoms with Gasteiger partial charge in [-0.1, -0.05) is 35.9 Å². The monoisotopic (exact) mass is 173 g/mol. The second-order valence-electron chi connectivity index (χ2n) is 3.11. The quantitative estimate of drug-likeness (QED) is 0.687. The van der Waals surface area contributed by atoms with Crippen molar-refractivity contribution in [2.24, 2.45) is 0 Å². The van der Waals surface area contributed by atoms with Crippen molar-refractivity contribution >= 4 is 12.4 Å². The molecule has 1 nitrogen and oxygen atoms in total. The van der Waals surface area contributed by atoms with Crippen LogP contribution in [0.15, 0.2) is 24.3 Å². The molecule has 0 aliphatic heterocycles. The van der Waals surface area contributed by atoms with Crippen molar-refractivity contribution in [3.63, 3.8) is 0 Å². The highest BCUT2D eigenvalue weighted by Crippen LogP contribution is 2.12. The van der Waals surface area contributed by atoms with Crippen LogP contribution in [0.2, 0.25) is 0 Å². The molecular weight excluding hydrogens is 160 g/mol. The highest BCUT2D eigenvalue weighted by Gasteiger charge is 1.92. The molecule has 0 saturated carbocycles. The first-order valence-corrected chi connectivity index (χ1v) is 4.33. The average molecular weight is 173 g/mol. The smallest absolute Gasteiger partial charge is 0.202 e. The number of allylic oxidation sites excluding steroid dienone is 1. The van der Waals surface area contributed by atoms with E-state index in [4.69, 9.17) is 0 Å². The van der Waals surface area contributed by atoms with E-state index in [1.54, 1.807) is 0 Å². The zero-order valence-corrected chi connectivity index (χ0v) is 8.00. The molecule has 0 amide bonds. The summed E-state index contributed by atoms with van der Waals surface area (Å²) in [6.07, 6.45) is 5.98. The van der Waals surface area contributed by atoms with Crippen LogP contribution in [-0.4, -0.2) is 6.29 Å². The van der Waals surface area contributed by atoms with Gasteiger partial charge in [-0.05, 0) is 25.0 Å². The van der Waals surface area contributed by atoms with Crippen molar-refractivity contribution in [2.45, 2.75) is 20.3 Å². The summed E-state index contributed by atoms with van der Waals surface area (Å²) in [6.45, 7) is 4.14. The summed E-state index contributed by atoms with van der Waals surface area (Å²) in [6, 6.07) is 6.26. The van der Waals surface area contributed by atoms with Gasteiger partial charge in [0.25, 0.3) is 0 Å². The minimum atomic E-state index is 0.368. The van der Waals surface area contributed by atoms with Crippen LogP contribution in [0.4, 0.5) is 0 Å². The molecule has 1 radical (unpaired) electrons. The molecule has 0 heterocycles. The summed E-state index contributed by atoms with van der Waals surface area (Å²) in [5, 5.41) is 0. The van der Waals surface area contributed by atoms with Crippen molar-refractivity contribution in [2.75, 3.05) is 0 Å². The Morgan fingerprint density at radius 1 is 1.38 bits per heavy atom. The van der Waals surface area contributed by atoms with Gasteiger partial charge in [-0.2, -0.15) is 0 Å². The van der Waals surface area contributed by atoms with E-state index in [1.165, 1.54) is 16.7 Å². The predicted molar refractivity (Wildman–Crippen MR) is 55.3 cm³/mol. The first-order valence-electron chi connectivity index (χ1n) is 4.33. The zero-order chi connectivity index (χ0) is 9.68. The Kier molecular flexibility index (Phi) is 3.44.